The lowest BCUT2D eigenvalue weighted by molar-refractivity contribution is 1.66. The van der Waals surface area contributed by atoms with Gasteiger partial charge < -0.3 is 0 Å². The Morgan fingerprint density at radius 2 is 1.35 bits per heavy atom. The summed E-state index contributed by atoms with van der Waals surface area (Å²) in [6.07, 6.45) is 0. The van der Waals surface area contributed by atoms with E-state index in [1.165, 1.54) is 54.6 Å². The molecule has 0 aliphatic heterocycles. The molecule has 23 heavy (non-hydrogen) atoms. The van der Waals surface area contributed by atoms with E-state index in [4.69, 9.17) is 0 Å². The third kappa shape index (κ3) is 2.13. The maximum absolute atomic E-state index is 2.38. The minimum absolute atomic E-state index is 1.38. The number of benzene rings is 1. The lowest BCUT2D eigenvalue weighted by Crippen LogP contribution is -1.63. The molecule has 114 valence electrons. The molecule has 0 nitrogen and oxygen atoms in total. The monoisotopic (exact) mass is 370 g/mol. The molecule has 4 heteroatoms. The Bertz CT molecular complexity index is 1140. The van der Waals surface area contributed by atoms with Crippen molar-refractivity contribution in [2.24, 2.45) is 0 Å². The van der Waals surface area contributed by atoms with E-state index >= 15 is 0 Å². The van der Waals surface area contributed by atoms with Crippen molar-refractivity contribution >= 4 is 75.6 Å². The first-order valence-corrected chi connectivity index (χ1v) is 10.8. The van der Waals surface area contributed by atoms with Gasteiger partial charge in [0.2, 0.25) is 0 Å². The van der Waals surface area contributed by atoms with Crippen LogP contribution >= 0.6 is 45.3 Å². The van der Waals surface area contributed by atoms with E-state index in [2.05, 4.69) is 51.1 Å². The molecule has 0 unspecified atom stereocenters. The molecule has 4 heterocycles. The summed E-state index contributed by atoms with van der Waals surface area (Å²) in [5, 5.41) is 4.21. The van der Waals surface area contributed by atoms with Crippen molar-refractivity contribution in [3.05, 3.63) is 45.0 Å². The van der Waals surface area contributed by atoms with Crippen molar-refractivity contribution in [3.8, 4) is 9.75 Å². The van der Waals surface area contributed by atoms with Crippen LogP contribution < -0.4 is 0 Å². The quantitative estimate of drug-likeness (QED) is 0.280. The third-order valence-electron chi connectivity index (χ3n) is 4.18. The molecule has 1 aromatic carbocycles. The fourth-order valence-electron chi connectivity index (χ4n) is 3.20. The second-order valence-corrected chi connectivity index (χ2v) is 10.8. The number of rotatable bonds is 1. The average molecular weight is 371 g/mol. The van der Waals surface area contributed by atoms with Gasteiger partial charge in [0.15, 0.2) is 0 Å². The van der Waals surface area contributed by atoms with Gasteiger partial charge in [0, 0.05) is 39.0 Å². The molecule has 0 saturated carbocycles. The van der Waals surface area contributed by atoms with Gasteiger partial charge in [0.25, 0.3) is 0 Å². The molecule has 0 aliphatic carbocycles. The molecular weight excluding hydrogens is 356 g/mol. The lowest BCUT2D eigenvalue weighted by Gasteiger charge is -1.90. The Balaban J connectivity index is 1.78. The second kappa shape index (κ2) is 4.90. The first-order valence-electron chi connectivity index (χ1n) is 7.52. The Labute approximate surface area is 150 Å². The van der Waals surface area contributed by atoms with Gasteiger partial charge in [-0.1, -0.05) is 0 Å². The maximum atomic E-state index is 2.38. The van der Waals surface area contributed by atoms with Crippen LogP contribution in [0.3, 0.4) is 0 Å². The number of thiophene rings is 4. The topological polar surface area (TPSA) is 0 Å². The van der Waals surface area contributed by atoms with Crippen molar-refractivity contribution in [2.45, 2.75) is 20.8 Å². The normalized spacial score (nSPS) is 12.1. The summed E-state index contributed by atoms with van der Waals surface area (Å²) >= 11 is 7.69. The summed E-state index contributed by atoms with van der Waals surface area (Å²) in [7, 11) is 0. The minimum atomic E-state index is 1.38. The van der Waals surface area contributed by atoms with Crippen molar-refractivity contribution in [2.75, 3.05) is 0 Å². The highest BCUT2D eigenvalue weighted by atomic mass is 32.1. The van der Waals surface area contributed by atoms with Crippen LogP contribution in [-0.2, 0) is 0 Å². The second-order valence-electron chi connectivity index (χ2n) is 5.98. The highest BCUT2D eigenvalue weighted by molar-refractivity contribution is 7.29. The van der Waals surface area contributed by atoms with E-state index in [9.17, 15) is 0 Å². The molecular formula is C19H14S4. The number of fused-ring (bicyclic) bond motifs is 3. The predicted octanol–water partition coefficient (Wildman–Crippen LogP) is 7.98. The smallest absolute Gasteiger partial charge is 0.0533 e. The zero-order valence-corrected chi connectivity index (χ0v) is 16.3. The van der Waals surface area contributed by atoms with Crippen LogP contribution in [0.5, 0.6) is 0 Å². The van der Waals surface area contributed by atoms with Gasteiger partial charge in [-0.25, -0.2) is 0 Å². The predicted molar refractivity (Wildman–Crippen MR) is 110 cm³/mol. The Hall–Kier alpha value is -1.20. The summed E-state index contributed by atoms with van der Waals surface area (Å²) < 4.78 is 4.27. The van der Waals surface area contributed by atoms with E-state index in [-0.39, 0.29) is 0 Å². The number of hydrogen-bond acceptors (Lipinski definition) is 4. The SMILES string of the molecule is Cc1cc2cc3sc(-c4sc(C)c5sc(C)cc45)cc3cc2s1. The molecule has 0 amide bonds. The number of aryl methyl sites for hydroxylation is 3. The highest BCUT2D eigenvalue weighted by Crippen LogP contribution is 2.46. The number of hydrogen-bond donors (Lipinski definition) is 0. The van der Waals surface area contributed by atoms with Gasteiger partial charge in [-0.2, -0.15) is 0 Å². The van der Waals surface area contributed by atoms with Crippen molar-refractivity contribution in [1.29, 1.82) is 0 Å². The van der Waals surface area contributed by atoms with E-state index in [1.54, 1.807) is 0 Å². The summed E-state index contributed by atoms with van der Waals surface area (Å²) in [6, 6.07) is 11.8. The average Bonchev–Trinajstić information content (AvgIpc) is 3.20. The van der Waals surface area contributed by atoms with Crippen molar-refractivity contribution in [1.82, 2.24) is 0 Å². The molecule has 0 fully saturated rings. The third-order valence-corrected chi connectivity index (χ3v) is 8.89. The minimum Gasteiger partial charge on any atom is -0.141 e. The van der Waals surface area contributed by atoms with Crippen LogP contribution in [0.25, 0.3) is 40.0 Å². The molecule has 0 saturated heterocycles. The van der Waals surface area contributed by atoms with E-state index < -0.39 is 0 Å². The highest BCUT2D eigenvalue weighted by Gasteiger charge is 2.15. The van der Waals surface area contributed by atoms with Gasteiger partial charge in [0.05, 0.1) is 4.88 Å². The van der Waals surface area contributed by atoms with Crippen LogP contribution in [0.4, 0.5) is 0 Å². The molecule has 0 aliphatic rings. The van der Waals surface area contributed by atoms with Crippen LogP contribution in [0.1, 0.15) is 14.6 Å². The molecule has 0 bridgehead atoms. The largest absolute Gasteiger partial charge is 0.141 e. The van der Waals surface area contributed by atoms with Gasteiger partial charge >= 0.3 is 0 Å². The summed E-state index contributed by atoms with van der Waals surface area (Å²) in [6.45, 7) is 6.65. The summed E-state index contributed by atoms with van der Waals surface area (Å²) in [4.78, 5) is 7.10. The van der Waals surface area contributed by atoms with Gasteiger partial charge in [-0.3, -0.25) is 0 Å². The Kier molecular flexibility index (Phi) is 3.02. The Morgan fingerprint density at radius 3 is 2.17 bits per heavy atom. The fourth-order valence-corrected chi connectivity index (χ4v) is 7.62. The van der Waals surface area contributed by atoms with E-state index in [0.717, 1.165) is 0 Å². The summed E-state index contributed by atoms with van der Waals surface area (Å²) in [5.74, 6) is 0. The zero-order chi connectivity index (χ0) is 15.7. The molecule has 5 aromatic rings. The molecule has 0 radical (unpaired) electrons. The van der Waals surface area contributed by atoms with E-state index in [1.807, 2.05) is 45.3 Å². The first-order chi connectivity index (χ1) is 11.1. The first kappa shape index (κ1) is 14.2. The van der Waals surface area contributed by atoms with Crippen LogP contribution in [0, 0.1) is 20.8 Å². The van der Waals surface area contributed by atoms with Crippen LogP contribution in [0.2, 0.25) is 0 Å². The van der Waals surface area contributed by atoms with Gasteiger partial charge in [-0.15, -0.1) is 45.3 Å². The van der Waals surface area contributed by atoms with Crippen molar-refractivity contribution in [3.63, 3.8) is 0 Å². The maximum Gasteiger partial charge on any atom is 0.0533 e. The zero-order valence-electron chi connectivity index (χ0n) is 13.0. The molecule has 0 atom stereocenters. The standard InChI is InChI=1S/C19H14S4/c1-9-4-12-6-16-13(7-15(12)20-9)8-17(23-16)19-14-5-10(2)21-18(14)11(3)22-19/h4-8H,1-3H3. The molecule has 0 N–H and O–H groups in total. The molecule has 0 spiro atoms. The van der Waals surface area contributed by atoms with Crippen molar-refractivity contribution < 1.29 is 0 Å². The molecule has 5 rings (SSSR count). The lowest BCUT2D eigenvalue weighted by atomic mass is 10.2. The molecule has 4 aromatic heterocycles. The summed E-state index contributed by atoms with van der Waals surface area (Å²) in [5.41, 5.74) is 0. The van der Waals surface area contributed by atoms with Gasteiger partial charge in [0.1, 0.15) is 0 Å². The fraction of sp³-hybridized carbons (Fsp3) is 0.158. The van der Waals surface area contributed by atoms with E-state index in [0.29, 0.717) is 0 Å². The van der Waals surface area contributed by atoms with Crippen LogP contribution in [0.15, 0.2) is 30.3 Å². The Morgan fingerprint density at radius 1 is 0.652 bits per heavy atom. The van der Waals surface area contributed by atoms with Crippen LogP contribution in [-0.4, -0.2) is 0 Å². The van der Waals surface area contributed by atoms with Gasteiger partial charge in [-0.05, 0) is 61.9 Å².